The number of nitrogens with zero attached hydrogens (tertiary/aromatic N) is 4. The predicted molar refractivity (Wildman–Crippen MR) is 103 cm³/mol. The molecule has 140 valence electrons. The van der Waals surface area contributed by atoms with Crippen molar-refractivity contribution in [3.63, 3.8) is 0 Å². The molecule has 0 bridgehead atoms. The molecule has 27 heavy (non-hydrogen) atoms. The number of ether oxygens (including phenoxy) is 2. The van der Waals surface area contributed by atoms with E-state index >= 15 is 0 Å². The van der Waals surface area contributed by atoms with Crippen molar-refractivity contribution in [2.45, 2.75) is 10.1 Å². The molecule has 0 atom stereocenters. The first-order valence-electron chi connectivity index (χ1n) is 7.66. The van der Waals surface area contributed by atoms with Crippen LogP contribution in [0.3, 0.4) is 0 Å². The van der Waals surface area contributed by atoms with Crippen LogP contribution >= 0.6 is 23.1 Å². The first-order valence-corrected chi connectivity index (χ1v) is 9.46. The highest BCUT2D eigenvalue weighted by Crippen LogP contribution is 2.27. The third-order valence-corrected chi connectivity index (χ3v) is 5.28. The molecule has 0 aliphatic rings. The van der Waals surface area contributed by atoms with Crippen LogP contribution in [0.5, 0.6) is 11.8 Å². The van der Waals surface area contributed by atoms with Crippen LogP contribution in [-0.2, 0) is 5.75 Å². The van der Waals surface area contributed by atoms with E-state index in [2.05, 4.69) is 25.5 Å². The third kappa shape index (κ3) is 5.05. The molecule has 0 saturated heterocycles. The molecule has 3 rings (SSSR count). The van der Waals surface area contributed by atoms with Crippen LogP contribution < -0.4 is 20.5 Å². The molecule has 1 amide bonds. The quantitative estimate of drug-likeness (QED) is 0.571. The van der Waals surface area contributed by atoms with Crippen LogP contribution in [0, 0.1) is 0 Å². The Morgan fingerprint density at radius 1 is 1.15 bits per heavy atom. The van der Waals surface area contributed by atoms with E-state index < -0.39 is 0 Å². The summed E-state index contributed by atoms with van der Waals surface area (Å²) in [6.07, 6.45) is 0. The summed E-state index contributed by atoms with van der Waals surface area (Å²) in [6.45, 7) is 0. The summed E-state index contributed by atoms with van der Waals surface area (Å²) in [4.78, 5) is 20.6. The number of anilines is 2. The van der Waals surface area contributed by atoms with E-state index in [9.17, 15) is 4.79 Å². The Balaban J connectivity index is 1.63. The molecular weight excluding hydrogens is 388 g/mol. The van der Waals surface area contributed by atoms with E-state index in [4.69, 9.17) is 15.2 Å². The van der Waals surface area contributed by atoms with Crippen molar-refractivity contribution in [1.82, 2.24) is 20.2 Å². The molecule has 0 fully saturated rings. The summed E-state index contributed by atoms with van der Waals surface area (Å²) in [5.74, 6) is 1.06. The van der Waals surface area contributed by atoms with E-state index in [1.807, 2.05) is 12.1 Å². The summed E-state index contributed by atoms with van der Waals surface area (Å²) in [5.41, 5.74) is 7.09. The first-order chi connectivity index (χ1) is 13.1. The summed E-state index contributed by atoms with van der Waals surface area (Å²) >= 11 is 2.88. The van der Waals surface area contributed by atoms with Gasteiger partial charge in [0.05, 0.1) is 20.3 Å². The molecule has 0 spiro atoms. The molecule has 2 heterocycles. The monoisotopic (exact) mass is 404 g/mol. The summed E-state index contributed by atoms with van der Waals surface area (Å²) in [7, 11) is 2.94. The van der Waals surface area contributed by atoms with Crippen LogP contribution in [0.25, 0.3) is 0 Å². The van der Waals surface area contributed by atoms with Gasteiger partial charge in [-0.2, -0.15) is 9.97 Å². The molecule has 11 heteroatoms. The van der Waals surface area contributed by atoms with Gasteiger partial charge < -0.3 is 15.2 Å². The zero-order chi connectivity index (χ0) is 19.2. The lowest BCUT2D eigenvalue weighted by atomic mass is 10.1. The number of aromatic nitrogens is 4. The minimum absolute atomic E-state index is 0.102. The molecular formula is C16H16N6O3S2. The topological polar surface area (TPSA) is 125 Å². The molecule has 0 unspecified atom stereocenters. The van der Waals surface area contributed by atoms with Gasteiger partial charge in [-0.15, -0.1) is 10.2 Å². The van der Waals surface area contributed by atoms with Crippen LogP contribution in [0.2, 0.25) is 0 Å². The van der Waals surface area contributed by atoms with Gasteiger partial charge in [-0.1, -0.05) is 35.2 Å². The van der Waals surface area contributed by atoms with Gasteiger partial charge >= 0.3 is 0 Å². The Morgan fingerprint density at radius 3 is 2.37 bits per heavy atom. The van der Waals surface area contributed by atoms with Crippen molar-refractivity contribution in [3.05, 3.63) is 41.5 Å². The summed E-state index contributed by atoms with van der Waals surface area (Å²) in [6, 6.07) is 8.74. The lowest BCUT2D eigenvalue weighted by molar-refractivity contribution is 0.102. The first kappa shape index (κ1) is 18.9. The Labute approximate surface area is 163 Å². The number of carbonyl (C=O) groups is 1. The molecule has 9 nitrogen and oxygen atoms in total. The second-order valence-electron chi connectivity index (χ2n) is 5.12. The Bertz CT molecular complexity index is 910. The number of amides is 1. The SMILES string of the molecule is COc1cc(OC)nc(NC(=O)c2ccc(CSc3nnc(N)s3)cc2)n1. The number of carbonyl (C=O) groups excluding carboxylic acids is 1. The van der Waals surface area contributed by atoms with Crippen molar-refractivity contribution < 1.29 is 14.3 Å². The van der Waals surface area contributed by atoms with Crippen LogP contribution in [0.4, 0.5) is 11.1 Å². The van der Waals surface area contributed by atoms with E-state index in [1.54, 1.807) is 12.1 Å². The van der Waals surface area contributed by atoms with Crippen molar-refractivity contribution in [3.8, 4) is 11.8 Å². The largest absolute Gasteiger partial charge is 0.481 e. The fourth-order valence-electron chi connectivity index (χ4n) is 2.02. The molecule has 0 saturated carbocycles. The Kier molecular flexibility index (Phi) is 6.04. The molecule has 2 aromatic heterocycles. The second kappa shape index (κ2) is 8.64. The van der Waals surface area contributed by atoms with Crippen LogP contribution in [-0.4, -0.2) is 40.3 Å². The van der Waals surface area contributed by atoms with Gasteiger partial charge in [0.1, 0.15) is 0 Å². The van der Waals surface area contributed by atoms with E-state index in [1.165, 1.54) is 43.4 Å². The van der Waals surface area contributed by atoms with Gasteiger partial charge in [0, 0.05) is 11.3 Å². The standard InChI is InChI=1S/C16H16N6O3S2/c1-24-11-7-12(25-2)19-15(18-11)20-13(23)10-5-3-9(4-6-10)8-26-16-22-21-14(17)27-16/h3-7H,8H2,1-2H3,(H2,17,21)(H,18,19,20,23). The fraction of sp³-hybridized carbons (Fsp3) is 0.188. The van der Waals surface area contributed by atoms with Gasteiger partial charge in [-0.3, -0.25) is 10.1 Å². The second-order valence-corrected chi connectivity index (χ2v) is 7.35. The number of rotatable bonds is 7. The van der Waals surface area contributed by atoms with E-state index in [0.29, 0.717) is 28.2 Å². The number of thioether (sulfide) groups is 1. The average molecular weight is 404 g/mol. The third-order valence-electron chi connectivity index (χ3n) is 3.32. The molecule has 3 aromatic rings. The maximum Gasteiger partial charge on any atom is 0.258 e. The summed E-state index contributed by atoms with van der Waals surface area (Å²) < 4.78 is 10.9. The maximum absolute atomic E-state index is 12.4. The highest BCUT2D eigenvalue weighted by molar-refractivity contribution is 8.00. The number of methoxy groups -OCH3 is 2. The van der Waals surface area contributed by atoms with Gasteiger partial charge in [-0.25, -0.2) is 0 Å². The smallest absolute Gasteiger partial charge is 0.258 e. The van der Waals surface area contributed by atoms with Crippen LogP contribution in [0.15, 0.2) is 34.7 Å². The minimum atomic E-state index is -0.332. The lowest BCUT2D eigenvalue weighted by Crippen LogP contribution is -2.14. The zero-order valence-corrected chi connectivity index (χ0v) is 16.1. The predicted octanol–water partition coefficient (Wildman–Crippen LogP) is 2.47. The van der Waals surface area contributed by atoms with E-state index in [-0.39, 0.29) is 11.9 Å². The fourth-order valence-corrected chi connectivity index (χ4v) is 3.61. The number of nitrogens with one attached hydrogen (secondary N) is 1. The van der Waals surface area contributed by atoms with Crippen molar-refractivity contribution in [2.75, 3.05) is 25.3 Å². The zero-order valence-electron chi connectivity index (χ0n) is 14.5. The Hall–Kier alpha value is -2.92. The van der Waals surface area contributed by atoms with Crippen molar-refractivity contribution >= 4 is 40.1 Å². The maximum atomic E-state index is 12.4. The molecule has 1 aromatic carbocycles. The lowest BCUT2D eigenvalue weighted by Gasteiger charge is -2.08. The molecule has 0 radical (unpaired) electrons. The molecule has 0 aliphatic heterocycles. The highest BCUT2D eigenvalue weighted by Gasteiger charge is 2.11. The minimum Gasteiger partial charge on any atom is -0.481 e. The van der Waals surface area contributed by atoms with Gasteiger partial charge in [-0.05, 0) is 17.7 Å². The number of hydrogen-bond acceptors (Lipinski definition) is 10. The highest BCUT2D eigenvalue weighted by atomic mass is 32.2. The number of nitrogens with two attached hydrogens (primary N) is 1. The normalized spacial score (nSPS) is 10.4. The van der Waals surface area contributed by atoms with E-state index in [0.717, 1.165) is 9.90 Å². The van der Waals surface area contributed by atoms with Crippen molar-refractivity contribution in [2.24, 2.45) is 0 Å². The van der Waals surface area contributed by atoms with Crippen molar-refractivity contribution in [1.29, 1.82) is 0 Å². The number of hydrogen-bond donors (Lipinski definition) is 2. The van der Waals surface area contributed by atoms with Gasteiger partial charge in [0.25, 0.3) is 5.91 Å². The van der Waals surface area contributed by atoms with Gasteiger partial charge in [0.15, 0.2) is 4.34 Å². The summed E-state index contributed by atoms with van der Waals surface area (Å²) in [5, 5.41) is 10.8. The van der Waals surface area contributed by atoms with Crippen LogP contribution in [0.1, 0.15) is 15.9 Å². The molecule has 0 aliphatic carbocycles. The Morgan fingerprint density at radius 2 is 1.81 bits per heavy atom. The number of nitrogen functional groups attached to an aromatic ring is 1. The molecule has 3 N–H and O–H groups in total. The van der Waals surface area contributed by atoms with Gasteiger partial charge in [0.2, 0.25) is 22.8 Å². The average Bonchev–Trinajstić information content (AvgIpc) is 3.11. The number of benzene rings is 1.